The Labute approximate surface area is 129 Å². The van der Waals surface area contributed by atoms with E-state index in [0.717, 1.165) is 13.2 Å². The van der Waals surface area contributed by atoms with E-state index in [2.05, 4.69) is 20.7 Å². The van der Waals surface area contributed by atoms with Crippen molar-refractivity contribution in [1.82, 2.24) is 0 Å². The quantitative estimate of drug-likeness (QED) is 0.776. The highest BCUT2D eigenvalue weighted by atomic mass is 79.9. The molecule has 0 radical (unpaired) electrons. The summed E-state index contributed by atoms with van der Waals surface area (Å²) in [6, 6.07) is 9.66. The standard InChI is InChI=1S/C14H10BrFO4S/c1-20-14(17)13-11(16)7-9(15)8-12(13)21(18,19)10-5-3-2-4-6-10/h2-8H,1H3. The second-order valence-electron chi connectivity index (χ2n) is 4.07. The minimum Gasteiger partial charge on any atom is -0.465 e. The van der Waals surface area contributed by atoms with Crippen LogP contribution in [-0.2, 0) is 14.6 Å². The van der Waals surface area contributed by atoms with Crippen molar-refractivity contribution in [2.75, 3.05) is 7.11 Å². The number of sulfone groups is 1. The number of hydrogen-bond donors (Lipinski definition) is 0. The molecule has 2 aromatic rings. The number of hydrogen-bond acceptors (Lipinski definition) is 4. The molecule has 0 atom stereocenters. The van der Waals surface area contributed by atoms with E-state index in [1.807, 2.05) is 0 Å². The Morgan fingerprint density at radius 2 is 1.81 bits per heavy atom. The largest absolute Gasteiger partial charge is 0.465 e. The van der Waals surface area contributed by atoms with Crippen molar-refractivity contribution in [3.8, 4) is 0 Å². The van der Waals surface area contributed by atoms with Crippen LogP contribution in [0, 0.1) is 5.82 Å². The van der Waals surface area contributed by atoms with Gasteiger partial charge in [0.2, 0.25) is 9.84 Å². The second kappa shape index (κ2) is 5.95. The number of carbonyl (C=O) groups excluding carboxylic acids is 1. The molecule has 0 aliphatic heterocycles. The van der Waals surface area contributed by atoms with Crippen molar-refractivity contribution in [2.45, 2.75) is 9.79 Å². The number of benzene rings is 2. The maximum Gasteiger partial charge on any atom is 0.342 e. The highest BCUT2D eigenvalue weighted by Gasteiger charge is 2.28. The first-order valence-corrected chi connectivity index (χ1v) is 8.03. The van der Waals surface area contributed by atoms with Gasteiger partial charge in [-0.05, 0) is 24.3 Å². The number of methoxy groups -OCH3 is 1. The molecule has 0 aliphatic rings. The number of ether oxygens (including phenoxy) is 1. The first kappa shape index (κ1) is 15.7. The normalized spacial score (nSPS) is 11.2. The van der Waals surface area contributed by atoms with Crippen molar-refractivity contribution in [3.05, 3.63) is 58.3 Å². The van der Waals surface area contributed by atoms with Crippen LogP contribution < -0.4 is 0 Å². The lowest BCUT2D eigenvalue weighted by molar-refractivity contribution is 0.0590. The van der Waals surface area contributed by atoms with Crippen LogP contribution in [0.2, 0.25) is 0 Å². The van der Waals surface area contributed by atoms with Gasteiger partial charge in [0.1, 0.15) is 11.4 Å². The Kier molecular flexibility index (Phi) is 4.43. The van der Waals surface area contributed by atoms with E-state index < -0.39 is 32.1 Å². The number of halogens is 2. The van der Waals surface area contributed by atoms with Gasteiger partial charge in [0.25, 0.3) is 0 Å². The third-order valence-electron chi connectivity index (χ3n) is 2.75. The second-order valence-corrected chi connectivity index (χ2v) is 6.90. The van der Waals surface area contributed by atoms with Crippen molar-refractivity contribution in [2.24, 2.45) is 0 Å². The molecule has 0 unspecified atom stereocenters. The Morgan fingerprint density at radius 3 is 2.38 bits per heavy atom. The zero-order valence-electron chi connectivity index (χ0n) is 10.8. The maximum absolute atomic E-state index is 14.0. The molecule has 0 aliphatic carbocycles. The molecule has 0 saturated carbocycles. The summed E-state index contributed by atoms with van der Waals surface area (Å²) in [6.07, 6.45) is 0. The van der Waals surface area contributed by atoms with E-state index in [9.17, 15) is 17.6 Å². The summed E-state index contributed by atoms with van der Waals surface area (Å²) < 4.78 is 43.8. The molecule has 2 aromatic carbocycles. The van der Waals surface area contributed by atoms with Crippen LogP contribution in [0.5, 0.6) is 0 Å². The van der Waals surface area contributed by atoms with Gasteiger partial charge in [-0.1, -0.05) is 34.1 Å². The number of carbonyl (C=O) groups is 1. The van der Waals surface area contributed by atoms with Crippen molar-refractivity contribution >= 4 is 31.7 Å². The molecule has 0 fully saturated rings. The summed E-state index contributed by atoms with van der Waals surface area (Å²) >= 11 is 3.03. The van der Waals surface area contributed by atoms with E-state index >= 15 is 0 Å². The Hall–Kier alpha value is -1.73. The highest BCUT2D eigenvalue weighted by molar-refractivity contribution is 9.10. The summed E-state index contributed by atoms with van der Waals surface area (Å²) in [7, 11) is -2.98. The van der Waals surface area contributed by atoms with E-state index in [0.29, 0.717) is 0 Å². The zero-order valence-corrected chi connectivity index (χ0v) is 13.2. The average molecular weight is 373 g/mol. The molecule has 4 nitrogen and oxygen atoms in total. The van der Waals surface area contributed by atoms with Crippen molar-refractivity contribution in [3.63, 3.8) is 0 Å². The molecule has 0 aromatic heterocycles. The van der Waals surface area contributed by atoms with E-state index in [4.69, 9.17) is 0 Å². The van der Waals surface area contributed by atoms with Gasteiger partial charge in [-0.2, -0.15) is 0 Å². The fraction of sp³-hybridized carbons (Fsp3) is 0.0714. The van der Waals surface area contributed by atoms with Gasteiger partial charge in [-0.15, -0.1) is 0 Å². The fourth-order valence-electron chi connectivity index (χ4n) is 1.79. The van der Waals surface area contributed by atoms with Gasteiger partial charge in [-0.25, -0.2) is 17.6 Å². The van der Waals surface area contributed by atoms with Crippen LogP contribution in [0.25, 0.3) is 0 Å². The summed E-state index contributed by atoms with van der Waals surface area (Å²) in [5, 5.41) is 0. The van der Waals surface area contributed by atoms with Crippen LogP contribution in [0.15, 0.2) is 56.7 Å². The molecule has 0 spiro atoms. The molecular weight excluding hydrogens is 363 g/mol. The Bertz CT molecular complexity index is 788. The van der Waals surface area contributed by atoms with Gasteiger partial charge < -0.3 is 4.74 Å². The van der Waals surface area contributed by atoms with Gasteiger partial charge in [0, 0.05) is 4.47 Å². The van der Waals surface area contributed by atoms with Crippen LogP contribution in [-0.4, -0.2) is 21.5 Å². The molecular formula is C14H10BrFO4S. The van der Waals surface area contributed by atoms with Gasteiger partial charge >= 0.3 is 5.97 Å². The summed E-state index contributed by atoms with van der Waals surface area (Å²) in [5.74, 6) is -2.01. The molecule has 2 rings (SSSR count). The van der Waals surface area contributed by atoms with Gasteiger partial charge in [0.05, 0.1) is 16.9 Å². The Balaban J connectivity index is 2.77. The SMILES string of the molecule is COC(=O)c1c(F)cc(Br)cc1S(=O)(=O)c1ccccc1. The van der Waals surface area contributed by atoms with Gasteiger partial charge in [-0.3, -0.25) is 0 Å². The third kappa shape index (κ3) is 2.98. The predicted octanol–water partition coefficient (Wildman–Crippen LogP) is 3.21. The van der Waals surface area contributed by atoms with Crippen LogP contribution >= 0.6 is 15.9 Å². The zero-order chi connectivity index (χ0) is 15.6. The maximum atomic E-state index is 14.0. The monoisotopic (exact) mass is 372 g/mol. The predicted molar refractivity (Wildman–Crippen MR) is 77.3 cm³/mol. The Morgan fingerprint density at radius 1 is 1.19 bits per heavy atom. The fourth-order valence-corrected chi connectivity index (χ4v) is 3.87. The summed E-state index contributed by atoms with van der Waals surface area (Å²) in [5.41, 5.74) is -0.607. The molecule has 0 N–H and O–H groups in total. The molecule has 0 saturated heterocycles. The molecule has 0 amide bonds. The number of esters is 1. The topological polar surface area (TPSA) is 60.4 Å². The lowest BCUT2D eigenvalue weighted by Crippen LogP contribution is -2.13. The van der Waals surface area contributed by atoms with E-state index in [1.54, 1.807) is 18.2 Å². The lowest BCUT2D eigenvalue weighted by atomic mass is 10.2. The average Bonchev–Trinajstić information content (AvgIpc) is 2.46. The van der Waals surface area contributed by atoms with Crippen molar-refractivity contribution in [1.29, 1.82) is 0 Å². The third-order valence-corrected chi connectivity index (χ3v) is 5.00. The summed E-state index contributed by atoms with van der Waals surface area (Å²) in [4.78, 5) is 11.2. The van der Waals surface area contributed by atoms with Crippen LogP contribution in [0.3, 0.4) is 0 Å². The highest BCUT2D eigenvalue weighted by Crippen LogP contribution is 2.29. The first-order chi connectivity index (χ1) is 9.87. The van der Waals surface area contributed by atoms with Crippen LogP contribution in [0.4, 0.5) is 4.39 Å². The smallest absolute Gasteiger partial charge is 0.342 e. The molecule has 0 bridgehead atoms. The summed E-state index contributed by atoms with van der Waals surface area (Å²) in [6.45, 7) is 0. The van der Waals surface area contributed by atoms with Gasteiger partial charge in [0.15, 0.2) is 0 Å². The van der Waals surface area contributed by atoms with E-state index in [1.165, 1.54) is 18.2 Å². The van der Waals surface area contributed by atoms with E-state index in [-0.39, 0.29) is 9.37 Å². The minimum absolute atomic E-state index is 0.0346. The number of rotatable bonds is 3. The van der Waals surface area contributed by atoms with Crippen LogP contribution in [0.1, 0.15) is 10.4 Å². The molecule has 110 valence electrons. The lowest BCUT2D eigenvalue weighted by Gasteiger charge is -2.11. The first-order valence-electron chi connectivity index (χ1n) is 5.75. The minimum atomic E-state index is -4.04. The molecule has 7 heteroatoms. The molecule has 21 heavy (non-hydrogen) atoms. The van der Waals surface area contributed by atoms with Crippen molar-refractivity contribution < 1.29 is 22.3 Å². The molecule has 0 heterocycles.